The van der Waals surface area contributed by atoms with Crippen LogP contribution in [0.2, 0.25) is 0 Å². The average Bonchev–Trinajstić information content (AvgIpc) is 3.64. The number of rotatable bonds is 25. The second kappa shape index (κ2) is 21.9. The van der Waals surface area contributed by atoms with Crippen molar-refractivity contribution in [2.45, 2.75) is 118 Å². The maximum Gasteiger partial charge on any atom is 0.326 e. The summed E-state index contributed by atoms with van der Waals surface area (Å²) in [5.74, 6) is -0.464. The van der Waals surface area contributed by atoms with E-state index in [0.717, 1.165) is 47.0 Å². The number of unbranched alkanes of at least 4 members (excludes halogenated alkanes) is 2. The average molecular weight is 935 g/mol. The molecule has 0 aliphatic heterocycles. The van der Waals surface area contributed by atoms with E-state index in [1.165, 1.54) is 6.20 Å². The predicted octanol–water partition coefficient (Wildman–Crippen LogP) is 6.15. The molecule has 0 saturated carbocycles. The fourth-order valence-electron chi connectivity index (χ4n) is 7.80. The second-order valence-electron chi connectivity index (χ2n) is 19.6. The first-order chi connectivity index (χ1) is 32.2. The molecule has 1 atom stereocenters. The lowest BCUT2D eigenvalue weighted by Gasteiger charge is -2.33. The van der Waals surface area contributed by atoms with E-state index >= 15 is 0 Å². The van der Waals surface area contributed by atoms with Gasteiger partial charge in [-0.3, -0.25) is 19.4 Å². The van der Waals surface area contributed by atoms with Crippen LogP contribution in [0.25, 0.3) is 33.1 Å². The van der Waals surface area contributed by atoms with Crippen LogP contribution in [-0.4, -0.2) is 95.4 Å². The van der Waals surface area contributed by atoms with Crippen molar-refractivity contribution >= 4 is 68.3 Å². The predicted molar refractivity (Wildman–Crippen MR) is 263 cm³/mol. The molecule has 68 heavy (non-hydrogen) atoms. The van der Waals surface area contributed by atoms with Crippen molar-refractivity contribution in [1.29, 1.82) is 0 Å². The number of ether oxygens (including phenoxy) is 2. The molecule has 0 radical (unpaired) electrons. The fraction of sp³-hybridized carbons (Fsp3) is 0.490. The number of aromatic amines is 1. The summed E-state index contributed by atoms with van der Waals surface area (Å²) in [6, 6.07) is 13.4. The van der Waals surface area contributed by atoms with Crippen molar-refractivity contribution in [2.75, 3.05) is 43.1 Å². The lowest BCUT2D eigenvalue weighted by Crippen LogP contribution is -2.41. The molecule has 1 unspecified atom stereocenters. The van der Waals surface area contributed by atoms with Crippen molar-refractivity contribution < 1.29 is 29.0 Å². The summed E-state index contributed by atoms with van der Waals surface area (Å²) in [6.07, 6.45) is 5.70. The highest BCUT2D eigenvalue weighted by molar-refractivity contribution is 6.06. The Morgan fingerprint density at radius 3 is 2.35 bits per heavy atom. The van der Waals surface area contributed by atoms with Gasteiger partial charge in [0.05, 0.1) is 61.3 Å². The molecule has 0 saturated heterocycles. The molecule has 0 fully saturated rings. The van der Waals surface area contributed by atoms with Crippen molar-refractivity contribution in [3.63, 3.8) is 0 Å². The van der Waals surface area contributed by atoms with Crippen LogP contribution >= 0.6 is 0 Å². The number of nitrogens with two attached hydrogens (primary N) is 2. The zero-order valence-corrected chi connectivity index (χ0v) is 40.2. The van der Waals surface area contributed by atoms with Gasteiger partial charge in [0.1, 0.15) is 17.4 Å². The summed E-state index contributed by atoms with van der Waals surface area (Å²) in [5, 5.41) is 19.5. The van der Waals surface area contributed by atoms with Gasteiger partial charge in [-0.25, -0.2) is 24.7 Å². The Morgan fingerprint density at radius 2 is 1.62 bits per heavy atom. The van der Waals surface area contributed by atoms with Crippen molar-refractivity contribution in [2.24, 2.45) is 10.8 Å². The van der Waals surface area contributed by atoms with Gasteiger partial charge in [-0.1, -0.05) is 59.2 Å². The third-order valence-corrected chi connectivity index (χ3v) is 11.4. The van der Waals surface area contributed by atoms with E-state index in [4.69, 9.17) is 25.9 Å². The highest BCUT2D eigenvalue weighted by Crippen LogP contribution is 2.33. The molecule has 6 aromatic rings. The van der Waals surface area contributed by atoms with Gasteiger partial charge in [0.25, 0.3) is 11.5 Å². The Bertz CT molecular complexity index is 2790. The number of hydrogen-bond donors (Lipinski definition) is 7. The van der Waals surface area contributed by atoms with Gasteiger partial charge in [-0.15, -0.1) is 0 Å². The van der Waals surface area contributed by atoms with Crippen LogP contribution in [0.15, 0.2) is 59.5 Å². The number of benzene rings is 2. The Kier molecular flexibility index (Phi) is 16.3. The standard InChI is InChI=1S/C49H66N12O7/c1-8-9-17-36-58-38-40(33-14-10-11-15-34(33)56-41(38)50)61(36)26-47(2,3)27-67-28-48(4,5)29-68-49(6,7)23-37(62)52-22-13-12-16-35(45(65)66)57-43(63)30-18-20-31(21-19-30)53-24-32-25-54-42-39(55-32)44(64)60-46(51)59-42/h10-11,14-15,18-21,25,35,53H,8-9,12-13,16-17,22-24,26-29H2,1-7H3,(H2,50,56)(H,52,62)(H,57,63)(H,65,66)(H3,51,54,59,60,64). The number of aliphatic carboxylic acids is 1. The summed E-state index contributed by atoms with van der Waals surface area (Å²) in [4.78, 5) is 74.5. The van der Waals surface area contributed by atoms with E-state index in [9.17, 15) is 24.3 Å². The largest absolute Gasteiger partial charge is 0.480 e. The Labute approximate surface area is 395 Å². The molecule has 0 aliphatic carbocycles. The number of carboxylic acid groups (broad SMARTS) is 1. The molecule has 19 heteroatoms. The molecule has 0 bridgehead atoms. The van der Waals surface area contributed by atoms with Gasteiger partial charge >= 0.3 is 5.97 Å². The first kappa shape index (κ1) is 50.7. The Hall–Kier alpha value is -6.73. The van der Waals surface area contributed by atoms with E-state index in [1.807, 2.05) is 32.0 Å². The monoisotopic (exact) mass is 935 g/mol. The van der Waals surface area contributed by atoms with Crippen LogP contribution in [0.5, 0.6) is 0 Å². The number of pyridine rings is 1. The lowest BCUT2D eigenvalue weighted by molar-refractivity contribution is -0.139. The highest BCUT2D eigenvalue weighted by Gasteiger charge is 2.30. The molecule has 0 aliphatic rings. The molecule has 2 aromatic carbocycles. The number of aromatic nitrogens is 7. The number of hydrogen-bond acceptors (Lipinski definition) is 14. The third-order valence-electron chi connectivity index (χ3n) is 11.4. The smallest absolute Gasteiger partial charge is 0.326 e. The summed E-state index contributed by atoms with van der Waals surface area (Å²) >= 11 is 0. The minimum atomic E-state index is -1.15. The molecule has 4 heterocycles. The number of carbonyl (C=O) groups is 3. The first-order valence-electron chi connectivity index (χ1n) is 23.1. The minimum Gasteiger partial charge on any atom is -0.480 e. The lowest BCUT2D eigenvalue weighted by atomic mass is 9.93. The quantitative estimate of drug-likeness (QED) is 0.0317. The van der Waals surface area contributed by atoms with E-state index in [1.54, 1.807) is 24.3 Å². The Morgan fingerprint density at radius 1 is 0.882 bits per heavy atom. The summed E-state index contributed by atoms with van der Waals surface area (Å²) in [6.45, 7) is 17.1. The van der Waals surface area contributed by atoms with E-state index < -0.39 is 29.1 Å². The second-order valence-corrected chi connectivity index (χ2v) is 19.6. The van der Waals surface area contributed by atoms with Crippen LogP contribution in [0.4, 0.5) is 17.5 Å². The molecule has 364 valence electrons. The fourth-order valence-corrected chi connectivity index (χ4v) is 7.80. The molecule has 2 amide bonds. The summed E-state index contributed by atoms with van der Waals surface area (Å²) < 4.78 is 15.0. The van der Waals surface area contributed by atoms with E-state index in [-0.39, 0.29) is 58.8 Å². The SMILES string of the molecule is CCCCc1nc2c(N)nc3ccccc3c2n1CC(C)(C)COCC(C)(C)COC(C)(C)CC(=O)NCCCCC(NC(=O)c1ccc(NCc2cnc3nc(N)[nH]c(=O)c3n2)cc1)C(=O)O. The van der Waals surface area contributed by atoms with Gasteiger partial charge in [0.15, 0.2) is 17.0 Å². The number of nitrogens with zero attached hydrogens (tertiary/aromatic N) is 6. The van der Waals surface area contributed by atoms with Crippen molar-refractivity contribution in [1.82, 2.24) is 45.1 Å². The molecule has 19 nitrogen and oxygen atoms in total. The highest BCUT2D eigenvalue weighted by atomic mass is 16.5. The molecule has 0 spiro atoms. The maximum absolute atomic E-state index is 13.0. The number of anilines is 3. The maximum atomic E-state index is 13.0. The van der Waals surface area contributed by atoms with Gasteiger partial charge in [0, 0.05) is 47.0 Å². The third kappa shape index (κ3) is 13.7. The zero-order valence-electron chi connectivity index (χ0n) is 40.2. The topological polar surface area (TPSA) is 280 Å². The van der Waals surface area contributed by atoms with Gasteiger partial charge in [0.2, 0.25) is 11.9 Å². The first-order valence-corrected chi connectivity index (χ1v) is 23.1. The van der Waals surface area contributed by atoms with E-state index in [2.05, 4.69) is 86.1 Å². The number of carbonyl (C=O) groups excluding carboxylic acids is 2. The summed E-state index contributed by atoms with van der Waals surface area (Å²) in [7, 11) is 0. The molecule has 9 N–H and O–H groups in total. The molecule has 4 aromatic heterocycles. The normalized spacial score (nSPS) is 12.7. The van der Waals surface area contributed by atoms with Gasteiger partial charge in [-0.2, -0.15) is 4.98 Å². The molecular weight excluding hydrogens is 869 g/mol. The number of imidazole rings is 1. The number of nitrogen functional groups attached to an aromatic ring is 2. The number of aryl methyl sites for hydroxylation is 1. The zero-order chi connectivity index (χ0) is 49.2. The van der Waals surface area contributed by atoms with Crippen LogP contribution in [0.3, 0.4) is 0 Å². The molecular formula is C49H66N12O7. The number of amides is 2. The van der Waals surface area contributed by atoms with E-state index in [0.29, 0.717) is 63.0 Å². The van der Waals surface area contributed by atoms with Gasteiger partial charge < -0.3 is 46.6 Å². The number of carboxylic acids is 1. The minimum absolute atomic E-state index is 0.0482. The van der Waals surface area contributed by atoms with Crippen LogP contribution in [0, 0.1) is 10.8 Å². The van der Waals surface area contributed by atoms with Crippen LogP contribution in [-0.2, 0) is 38.6 Å². The van der Waals surface area contributed by atoms with Gasteiger partial charge in [-0.05, 0) is 69.9 Å². The number of para-hydroxylation sites is 1. The van der Waals surface area contributed by atoms with Crippen LogP contribution < -0.4 is 33.0 Å². The van der Waals surface area contributed by atoms with Crippen molar-refractivity contribution in [3.05, 3.63) is 82.2 Å². The van der Waals surface area contributed by atoms with Crippen LogP contribution in [0.1, 0.15) is 109 Å². The number of H-pyrrole nitrogens is 1. The summed E-state index contributed by atoms with van der Waals surface area (Å²) in [5.41, 5.74) is 14.4. The van der Waals surface area contributed by atoms with Crippen molar-refractivity contribution in [3.8, 4) is 0 Å². The number of nitrogens with one attached hydrogen (secondary N) is 4. The molecule has 6 rings (SSSR count). The number of fused-ring (bicyclic) bond motifs is 4. The Balaban J connectivity index is 0.892.